The minimum absolute atomic E-state index is 0.237. The Labute approximate surface area is 257 Å². The first-order valence-corrected chi connectivity index (χ1v) is 16.7. The number of benzene rings is 3. The van der Waals surface area contributed by atoms with Gasteiger partial charge in [-0.25, -0.2) is 9.78 Å². The first-order chi connectivity index (χ1) is 20.8. The van der Waals surface area contributed by atoms with Crippen LogP contribution >= 0.6 is 7.14 Å². The van der Waals surface area contributed by atoms with Gasteiger partial charge in [0.15, 0.2) is 11.6 Å². The van der Waals surface area contributed by atoms with Crippen LogP contribution in [-0.4, -0.2) is 41.2 Å². The summed E-state index contributed by atoms with van der Waals surface area (Å²) in [6.45, 7) is 9.59. The molecule has 2 amide bonds. The van der Waals surface area contributed by atoms with Gasteiger partial charge in [-0.3, -0.25) is 4.68 Å². The lowest BCUT2D eigenvalue weighted by molar-refractivity contribution is 0.262. The Balaban J connectivity index is 1.41. The number of hydrogen-bond acceptors (Lipinski definition) is 7. The van der Waals surface area contributed by atoms with Crippen molar-refractivity contribution in [1.82, 2.24) is 14.8 Å². The second-order valence-corrected chi connectivity index (χ2v) is 15.1. The summed E-state index contributed by atoms with van der Waals surface area (Å²) >= 11 is 0. The lowest BCUT2D eigenvalue weighted by atomic mass is 9.86. The molecule has 2 aromatic heterocycles. The molecule has 5 aromatic rings. The van der Waals surface area contributed by atoms with Gasteiger partial charge in [-0.1, -0.05) is 45.0 Å². The SMILES string of the molecule is COc1c(NC(=O)Nc2ccc(Oc3ccnc(Nc4ccn(C)n4)c3)c3ccccc23)cc(C(C)(C)C)cc1P(C)(C)=O. The van der Waals surface area contributed by atoms with E-state index in [1.807, 2.05) is 61.8 Å². The largest absolute Gasteiger partial charge is 0.494 e. The Bertz CT molecular complexity index is 1890. The smallest absolute Gasteiger partial charge is 0.323 e. The van der Waals surface area contributed by atoms with E-state index >= 15 is 0 Å². The van der Waals surface area contributed by atoms with Gasteiger partial charge in [0.25, 0.3) is 0 Å². The van der Waals surface area contributed by atoms with Gasteiger partial charge in [-0.2, -0.15) is 5.10 Å². The van der Waals surface area contributed by atoms with E-state index in [2.05, 4.69) is 46.8 Å². The van der Waals surface area contributed by atoms with Crippen LogP contribution in [0.5, 0.6) is 17.2 Å². The number of carbonyl (C=O) groups excluding carboxylic acids is 1. The van der Waals surface area contributed by atoms with Crippen LogP contribution in [0.3, 0.4) is 0 Å². The monoisotopic (exact) mass is 612 g/mol. The number of aryl methyl sites for hydroxylation is 1. The van der Waals surface area contributed by atoms with Gasteiger partial charge in [0.2, 0.25) is 0 Å². The molecule has 228 valence electrons. The Kier molecular flexibility index (Phi) is 8.39. The molecule has 11 heteroatoms. The van der Waals surface area contributed by atoms with E-state index in [0.29, 0.717) is 45.6 Å². The molecule has 0 aliphatic rings. The molecule has 3 aromatic carbocycles. The van der Waals surface area contributed by atoms with Crippen molar-refractivity contribution in [2.45, 2.75) is 26.2 Å². The molecule has 0 radical (unpaired) electrons. The fraction of sp³-hybridized carbons (Fsp3) is 0.242. The number of ether oxygens (including phenoxy) is 2. The van der Waals surface area contributed by atoms with Crippen LogP contribution in [0.25, 0.3) is 10.8 Å². The van der Waals surface area contributed by atoms with E-state index in [-0.39, 0.29) is 5.41 Å². The Morgan fingerprint density at radius 3 is 2.30 bits per heavy atom. The zero-order valence-corrected chi connectivity index (χ0v) is 26.8. The van der Waals surface area contributed by atoms with E-state index in [1.54, 1.807) is 42.4 Å². The van der Waals surface area contributed by atoms with Gasteiger partial charge in [-0.05, 0) is 54.6 Å². The van der Waals surface area contributed by atoms with Crippen LogP contribution < -0.4 is 30.7 Å². The second-order valence-electron chi connectivity index (χ2n) is 11.9. The summed E-state index contributed by atoms with van der Waals surface area (Å²) < 4.78 is 26.8. The van der Waals surface area contributed by atoms with E-state index in [1.165, 1.54) is 7.11 Å². The maximum absolute atomic E-state index is 13.4. The second kappa shape index (κ2) is 12.1. The zero-order chi connectivity index (χ0) is 31.6. The van der Waals surface area contributed by atoms with Crippen molar-refractivity contribution in [3.8, 4) is 17.2 Å². The molecule has 0 bridgehead atoms. The van der Waals surface area contributed by atoms with Crippen LogP contribution in [0.4, 0.5) is 27.8 Å². The zero-order valence-electron chi connectivity index (χ0n) is 25.9. The van der Waals surface area contributed by atoms with E-state index < -0.39 is 13.2 Å². The molecule has 0 saturated carbocycles. The summed E-state index contributed by atoms with van der Waals surface area (Å²) in [5, 5.41) is 15.6. The lowest BCUT2D eigenvalue weighted by Crippen LogP contribution is -2.23. The Morgan fingerprint density at radius 2 is 1.64 bits per heavy atom. The predicted molar refractivity (Wildman–Crippen MR) is 178 cm³/mol. The van der Waals surface area contributed by atoms with Crippen molar-refractivity contribution < 1.29 is 18.8 Å². The van der Waals surface area contributed by atoms with E-state index in [9.17, 15) is 9.36 Å². The van der Waals surface area contributed by atoms with Crippen molar-refractivity contribution in [3.05, 3.63) is 84.7 Å². The highest BCUT2D eigenvalue weighted by Gasteiger charge is 2.26. The van der Waals surface area contributed by atoms with Gasteiger partial charge in [-0.15, -0.1) is 0 Å². The van der Waals surface area contributed by atoms with E-state index in [0.717, 1.165) is 16.3 Å². The topological polar surface area (TPSA) is 119 Å². The summed E-state index contributed by atoms with van der Waals surface area (Å²) in [5.74, 6) is 2.87. The molecular formula is C33H37N6O4P. The molecule has 0 saturated heterocycles. The van der Waals surface area contributed by atoms with Crippen molar-refractivity contribution >= 4 is 52.3 Å². The molecular weight excluding hydrogens is 575 g/mol. The standard InChI is InChI=1S/C33H37N6O4P/c1-33(2,3)21-18-26(31(42-5)28(19-21)44(6,7)41)36-32(40)35-25-12-13-27(24-11-9-8-10-23(24)25)43-22-14-16-34-30(20-22)37-29-15-17-39(4)38-29/h8-20H,1-7H3,(H,34,37,38)(H2,35,36,40). The number of hydrogen-bond donors (Lipinski definition) is 3. The summed E-state index contributed by atoms with van der Waals surface area (Å²) in [6, 6.07) is 20.0. The first kappa shape index (κ1) is 30.6. The Morgan fingerprint density at radius 1 is 0.909 bits per heavy atom. The predicted octanol–water partition coefficient (Wildman–Crippen LogP) is 7.70. The molecule has 2 heterocycles. The molecule has 0 unspecified atom stereocenters. The third-order valence-electron chi connectivity index (χ3n) is 7.03. The van der Waals surface area contributed by atoms with Gasteiger partial charge >= 0.3 is 6.03 Å². The number of fused-ring (bicyclic) bond motifs is 1. The lowest BCUT2D eigenvalue weighted by Gasteiger charge is -2.25. The Hall–Kier alpha value is -4.82. The molecule has 5 rings (SSSR count). The van der Waals surface area contributed by atoms with Crippen LogP contribution in [0.1, 0.15) is 26.3 Å². The maximum Gasteiger partial charge on any atom is 0.323 e. The number of carbonyl (C=O) groups is 1. The number of pyridine rings is 1. The van der Waals surface area contributed by atoms with Crippen LogP contribution in [0.2, 0.25) is 0 Å². The number of anilines is 4. The molecule has 10 nitrogen and oxygen atoms in total. The fourth-order valence-corrected chi connectivity index (χ4v) is 5.93. The highest BCUT2D eigenvalue weighted by atomic mass is 31.2. The number of aromatic nitrogens is 3. The number of urea groups is 1. The summed E-state index contributed by atoms with van der Waals surface area (Å²) in [7, 11) is 0.646. The highest BCUT2D eigenvalue weighted by molar-refractivity contribution is 7.70. The average molecular weight is 613 g/mol. The molecule has 44 heavy (non-hydrogen) atoms. The molecule has 3 N–H and O–H groups in total. The number of rotatable bonds is 8. The molecule has 0 aliphatic carbocycles. The summed E-state index contributed by atoms with van der Waals surface area (Å²) in [5.41, 5.74) is 1.75. The van der Waals surface area contributed by atoms with E-state index in [4.69, 9.17) is 9.47 Å². The van der Waals surface area contributed by atoms with Gasteiger partial charge in [0, 0.05) is 42.3 Å². The summed E-state index contributed by atoms with van der Waals surface area (Å²) in [6.07, 6.45) is 3.50. The van der Waals surface area contributed by atoms with Crippen LogP contribution in [0.15, 0.2) is 79.1 Å². The van der Waals surface area contributed by atoms with Gasteiger partial charge in [0.1, 0.15) is 24.5 Å². The number of nitrogens with zero attached hydrogens (tertiary/aromatic N) is 3. The fourth-order valence-electron chi connectivity index (χ4n) is 4.78. The third-order valence-corrected chi connectivity index (χ3v) is 8.52. The van der Waals surface area contributed by atoms with Crippen LogP contribution in [-0.2, 0) is 17.0 Å². The molecule has 0 spiro atoms. The summed E-state index contributed by atoms with van der Waals surface area (Å²) in [4.78, 5) is 17.7. The normalized spacial score (nSPS) is 11.7. The number of amides is 2. The van der Waals surface area contributed by atoms with Gasteiger partial charge < -0.3 is 30.0 Å². The average Bonchev–Trinajstić information content (AvgIpc) is 3.37. The minimum Gasteiger partial charge on any atom is -0.494 e. The van der Waals surface area contributed by atoms with Gasteiger partial charge in [0.05, 0.1) is 23.8 Å². The molecule has 0 fully saturated rings. The number of methoxy groups -OCH3 is 1. The van der Waals surface area contributed by atoms with Crippen molar-refractivity contribution in [1.29, 1.82) is 0 Å². The maximum atomic E-state index is 13.4. The van der Waals surface area contributed by atoms with Crippen LogP contribution in [0, 0.1) is 0 Å². The highest BCUT2D eigenvalue weighted by Crippen LogP contribution is 2.43. The van der Waals surface area contributed by atoms with Crippen molar-refractivity contribution in [3.63, 3.8) is 0 Å². The van der Waals surface area contributed by atoms with Crippen molar-refractivity contribution in [2.75, 3.05) is 36.4 Å². The minimum atomic E-state index is -2.72. The quantitative estimate of drug-likeness (QED) is 0.154. The molecule has 0 atom stereocenters. The third kappa shape index (κ3) is 6.87. The van der Waals surface area contributed by atoms with Crippen molar-refractivity contribution in [2.24, 2.45) is 7.05 Å². The number of nitrogens with one attached hydrogen (secondary N) is 3. The first-order valence-electron chi connectivity index (χ1n) is 14.1. The molecule has 0 aliphatic heterocycles.